The second-order valence-electron chi connectivity index (χ2n) is 6.31. The van der Waals surface area contributed by atoms with E-state index in [9.17, 15) is 0 Å². The average molecular weight is 315 g/mol. The molecule has 1 aliphatic rings. The van der Waals surface area contributed by atoms with Gasteiger partial charge in [-0.3, -0.25) is 0 Å². The van der Waals surface area contributed by atoms with Gasteiger partial charge in [0.2, 0.25) is 0 Å². The van der Waals surface area contributed by atoms with Crippen LogP contribution in [0.15, 0.2) is 71.3 Å². The van der Waals surface area contributed by atoms with E-state index in [2.05, 4.69) is 52.9 Å². The second kappa shape index (κ2) is 6.40. The number of hydrogen-bond donors (Lipinski definition) is 1. The first-order valence-corrected chi connectivity index (χ1v) is 8.54. The van der Waals surface area contributed by atoms with Gasteiger partial charge in [-0.15, -0.1) is 0 Å². The van der Waals surface area contributed by atoms with Crippen LogP contribution in [0.1, 0.15) is 24.0 Å². The Bertz CT molecular complexity index is 970. The van der Waals surface area contributed by atoms with Gasteiger partial charge in [-0.2, -0.15) is 0 Å². The van der Waals surface area contributed by atoms with Crippen LogP contribution in [-0.2, 0) is 12.8 Å². The first-order chi connectivity index (χ1) is 11.8. The van der Waals surface area contributed by atoms with Crippen LogP contribution in [0, 0.1) is 0 Å². The van der Waals surface area contributed by atoms with Crippen LogP contribution < -0.4 is 5.73 Å². The van der Waals surface area contributed by atoms with Gasteiger partial charge in [0.05, 0.1) is 6.26 Å². The third-order valence-corrected chi connectivity index (χ3v) is 4.80. The maximum absolute atomic E-state index is 5.11. The fourth-order valence-corrected chi connectivity index (χ4v) is 3.63. The Balaban J connectivity index is 0.000000207. The molecule has 0 amide bonds. The van der Waals surface area contributed by atoms with E-state index < -0.39 is 0 Å². The van der Waals surface area contributed by atoms with E-state index in [0.29, 0.717) is 5.88 Å². The standard InChI is InChI=1S/C18H16.C4H5NO/c1-3-7-15-13(5-1)9-11-18-16-8-4-2-6-14(16)10-12-17(15)18;5-4-2-1-3-6-4/h1,3,5,7,9-12H,2,4,6,8H2;1-3H,5H2. The summed E-state index contributed by atoms with van der Waals surface area (Å²) >= 11 is 0. The molecule has 4 aromatic rings. The Morgan fingerprint density at radius 3 is 2.33 bits per heavy atom. The Labute approximate surface area is 141 Å². The number of rotatable bonds is 0. The Morgan fingerprint density at radius 2 is 1.54 bits per heavy atom. The van der Waals surface area contributed by atoms with Gasteiger partial charge in [-0.05, 0) is 64.4 Å². The summed E-state index contributed by atoms with van der Waals surface area (Å²) in [4.78, 5) is 0. The van der Waals surface area contributed by atoms with Gasteiger partial charge in [-0.25, -0.2) is 0 Å². The maximum atomic E-state index is 5.11. The molecule has 0 atom stereocenters. The minimum atomic E-state index is 0.468. The lowest BCUT2D eigenvalue weighted by Gasteiger charge is -2.18. The topological polar surface area (TPSA) is 39.2 Å². The lowest BCUT2D eigenvalue weighted by atomic mass is 9.86. The highest BCUT2D eigenvalue weighted by molar-refractivity contribution is 6.08. The van der Waals surface area contributed by atoms with Crippen molar-refractivity contribution in [2.75, 3.05) is 5.73 Å². The molecule has 0 aliphatic heterocycles. The van der Waals surface area contributed by atoms with Crippen LogP contribution >= 0.6 is 0 Å². The van der Waals surface area contributed by atoms with Crippen molar-refractivity contribution >= 4 is 27.4 Å². The second-order valence-corrected chi connectivity index (χ2v) is 6.31. The van der Waals surface area contributed by atoms with Gasteiger partial charge < -0.3 is 10.2 Å². The number of anilines is 1. The van der Waals surface area contributed by atoms with Crippen molar-refractivity contribution in [2.24, 2.45) is 0 Å². The summed E-state index contributed by atoms with van der Waals surface area (Å²) in [5.74, 6) is 0.468. The summed E-state index contributed by atoms with van der Waals surface area (Å²) in [5, 5.41) is 5.64. The maximum Gasteiger partial charge on any atom is 0.190 e. The van der Waals surface area contributed by atoms with Gasteiger partial charge in [0.1, 0.15) is 0 Å². The van der Waals surface area contributed by atoms with Crippen molar-refractivity contribution < 1.29 is 4.42 Å². The Hall–Kier alpha value is -2.74. The number of benzene rings is 3. The lowest BCUT2D eigenvalue weighted by molar-refractivity contribution is 0.588. The van der Waals surface area contributed by atoms with Crippen LogP contribution in [0.5, 0.6) is 0 Å². The zero-order valence-corrected chi connectivity index (χ0v) is 13.7. The van der Waals surface area contributed by atoms with Crippen molar-refractivity contribution in [1.82, 2.24) is 0 Å². The molecule has 2 N–H and O–H groups in total. The first-order valence-electron chi connectivity index (χ1n) is 8.54. The fraction of sp³-hybridized carbons (Fsp3) is 0.182. The van der Waals surface area contributed by atoms with E-state index in [4.69, 9.17) is 5.73 Å². The molecule has 0 bridgehead atoms. The van der Waals surface area contributed by atoms with E-state index >= 15 is 0 Å². The first kappa shape index (κ1) is 14.8. The molecule has 3 aromatic carbocycles. The van der Waals surface area contributed by atoms with E-state index in [0.717, 1.165) is 0 Å². The molecule has 1 aromatic heterocycles. The number of aryl methyl sites for hydroxylation is 2. The quantitative estimate of drug-likeness (QED) is 0.421. The molecule has 0 radical (unpaired) electrons. The minimum Gasteiger partial charge on any atom is -0.449 e. The predicted octanol–water partition coefficient (Wildman–Crippen LogP) is 5.73. The number of nitrogens with two attached hydrogens (primary N) is 1. The van der Waals surface area contributed by atoms with Crippen molar-refractivity contribution in [3.05, 3.63) is 78.1 Å². The number of fused-ring (bicyclic) bond motifs is 5. The monoisotopic (exact) mass is 315 g/mol. The summed E-state index contributed by atoms with van der Waals surface area (Å²) < 4.78 is 4.61. The molecule has 0 spiro atoms. The molecular weight excluding hydrogens is 294 g/mol. The highest BCUT2D eigenvalue weighted by Gasteiger charge is 2.13. The van der Waals surface area contributed by atoms with Gasteiger partial charge >= 0.3 is 0 Å². The van der Waals surface area contributed by atoms with Gasteiger partial charge in [0, 0.05) is 6.07 Å². The molecule has 2 nitrogen and oxygen atoms in total. The third-order valence-electron chi connectivity index (χ3n) is 4.80. The highest BCUT2D eigenvalue weighted by atomic mass is 16.3. The summed E-state index contributed by atoms with van der Waals surface area (Å²) in [6.45, 7) is 0. The van der Waals surface area contributed by atoms with E-state index in [1.165, 1.54) is 53.5 Å². The van der Waals surface area contributed by atoms with Crippen LogP contribution in [0.2, 0.25) is 0 Å². The lowest BCUT2D eigenvalue weighted by Crippen LogP contribution is -2.02. The third kappa shape index (κ3) is 2.76. The molecule has 2 heteroatoms. The zero-order chi connectivity index (χ0) is 16.4. The number of nitrogen functional groups attached to an aromatic ring is 1. The van der Waals surface area contributed by atoms with Crippen LogP contribution in [-0.4, -0.2) is 0 Å². The number of furan rings is 1. The van der Waals surface area contributed by atoms with Gasteiger partial charge in [-0.1, -0.05) is 48.5 Å². The summed E-state index contributed by atoms with van der Waals surface area (Å²) in [7, 11) is 0. The van der Waals surface area contributed by atoms with Crippen LogP contribution in [0.25, 0.3) is 21.5 Å². The smallest absolute Gasteiger partial charge is 0.190 e. The van der Waals surface area contributed by atoms with Gasteiger partial charge in [0.15, 0.2) is 5.88 Å². The largest absolute Gasteiger partial charge is 0.449 e. The number of hydrogen-bond acceptors (Lipinski definition) is 2. The highest BCUT2D eigenvalue weighted by Crippen LogP contribution is 2.33. The zero-order valence-electron chi connectivity index (χ0n) is 13.7. The van der Waals surface area contributed by atoms with Crippen LogP contribution in [0.3, 0.4) is 0 Å². The molecule has 5 rings (SSSR count). The van der Waals surface area contributed by atoms with Crippen molar-refractivity contribution in [1.29, 1.82) is 0 Å². The average Bonchev–Trinajstić information content (AvgIpc) is 3.12. The summed E-state index contributed by atoms with van der Waals surface area (Å²) in [6, 6.07) is 21.4. The molecule has 24 heavy (non-hydrogen) atoms. The van der Waals surface area contributed by atoms with Crippen molar-refractivity contribution in [3.63, 3.8) is 0 Å². The van der Waals surface area contributed by atoms with Crippen LogP contribution in [0.4, 0.5) is 5.88 Å². The molecule has 1 aliphatic carbocycles. The molecule has 120 valence electrons. The summed E-state index contributed by atoms with van der Waals surface area (Å²) in [6.07, 6.45) is 6.75. The van der Waals surface area contributed by atoms with E-state index in [1.807, 2.05) is 0 Å². The molecule has 1 heterocycles. The Kier molecular flexibility index (Phi) is 3.96. The Morgan fingerprint density at radius 1 is 0.708 bits per heavy atom. The SMILES string of the molecule is Nc1ccco1.c1ccc2c(c1)ccc1c3c(ccc12)CCCC3. The molecule has 0 saturated heterocycles. The summed E-state index contributed by atoms with van der Waals surface area (Å²) in [5.41, 5.74) is 8.29. The minimum absolute atomic E-state index is 0.468. The van der Waals surface area contributed by atoms with Crippen molar-refractivity contribution in [3.8, 4) is 0 Å². The molecule has 0 unspecified atom stereocenters. The molecular formula is C22H21NO. The van der Waals surface area contributed by atoms with E-state index in [-0.39, 0.29) is 0 Å². The predicted molar refractivity (Wildman–Crippen MR) is 101 cm³/mol. The molecule has 0 fully saturated rings. The van der Waals surface area contributed by atoms with Gasteiger partial charge in [0.25, 0.3) is 0 Å². The molecule has 0 saturated carbocycles. The van der Waals surface area contributed by atoms with Crippen molar-refractivity contribution in [2.45, 2.75) is 25.7 Å². The normalized spacial score (nSPS) is 13.3. The fourth-order valence-electron chi connectivity index (χ4n) is 3.63. The van der Waals surface area contributed by atoms with E-state index in [1.54, 1.807) is 23.3 Å².